The number of fused-ring (bicyclic) bond motifs is 1. The number of hydrogen-bond donors (Lipinski definition) is 0. The van der Waals surface area contributed by atoms with E-state index in [4.69, 9.17) is 4.74 Å². The first kappa shape index (κ1) is 15.2. The Kier molecular flexibility index (Phi) is 4.02. The number of rotatable bonds is 5. The average Bonchev–Trinajstić information content (AvgIpc) is 2.54. The number of carbonyl (C=O) groups is 1. The van der Waals surface area contributed by atoms with Gasteiger partial charge in [-0.3, -0.25) is 14.7 Å². The molecular formula is C15H24N2O2Si. The Balaban J connectivity index is 2.04. The van der Waals surface area contributed by atoms with Crippen LogP contribution in [0.2, 0.25) is 25.7 Å². The second kappa shape index (κ2) is 5.29. The van der Waals surface area contributed by atoms with Crippen LogP contribution in [0.1, 0.15) is 19.4 Å². The van der Waals surface area contributed by atoms with Gasteiger partial charge < -0.3 is 4.74 Å². The number of pyridine rings is 1. The van der Waals surface area contributed by atoms with Crippen LogP contribution in [0.15, 0.2) is 18.5 Å². The fourth-order valence-corrected chi connectivity index (χ4v) is 3.09. The highest BCUT2D eigenvalue weighted by Gasteiger charge is 2.43. The molecule has 0 fully saturated rings. The van der Waals surface area contributed by atoms with Crippen LogP contribution in [-0.2, 0) is 14.9 Å². The summed E-state index contributed by atoms with van der Waals surface area (Å²) in [6.07, 6.45) is 3.51. The van der Waals surface area contributed by atoms with Crippen molar-refractivity contribution < 1.29 is 9.53 Å². The second-order valence-corrected chi connectivity index (χ2v) is 12.7. The summed E-state index contributed by atoms with van der Waals surface area (Å²) in [5.41, 5.74) is 1.41. The molecule has 2 heterocycles. The quantitative estimate of drug-likeness (QED) is 0.619. The predicted octanol–water partition coefficient (Wildman–Crippen LogP) is 3.02. The van der Waals surface area contributed by atoms with Crippen molar-refractivity contribution in [2.75, 3.05) is 18.2 Å². The van der Waals surface area contributed by atoms with Gasteiger partial charge in [-0.05, 0) is 26.0 Å². The van der Waals surface area contributed by atoms with E-state index in [-0.39, 0.29) is 5.91 Å². The Labute approximate surface area is 122 Å². The lowest BCUT2D eigenvalue weighted by Crippen LogP contribution is -2.38. The van der Waals surface area contributed by atoms with Crippen molar-refractivity contribution in [1.82, 2.24) is 4.98 Å². The van der Waals surface area contributed by atoms with E-state index in [0.717, 1.165) is 23.9 Å². The lowest BCUT2D eigenvalue weighted by Gasteiger charge is -2.21. The molecule has 1 aromatic heterocycles. The van der Waals surface area contributed by atoms with Crippen LogP contribution < -0.4 is 4.90 Å². The molecule has 1 aromatic rings. The fourth-order valence-electron chi connectivity index (χ4n) is 2.33. The predicted molar refractivity (Wildman–Crippen MR) is 83.7 cm³/mol. The lowest BCUT2D eigenvalue weighted by molar-refractivity contribution is -0.123. The molecule has 20 heavy (non-hydrogen) atoms. The number of amides is 1. The Hall–Kier alpha value is -1.20. The van der Waals surface area contributed by atoms with Crippen molar-refractivity contribution >= 4 is 19.7 Å². The standard InChI is InChI=1S/C15H24N2O2Si/c1-15(2)12-10-16-7-6-13(12)17(14(15)18)11-19-8-9-20(3,4)5/h6-7,10H,8-9,11H2,1-5H3. The van der Waals surface area contributed by atoms with Crippen LogP contribution in [0, 0.1) is 0 Å². The van der Waals surface area contributed by atoms with Crippen molar-refractivity contribution in [3.8, 4) is 0 Å². The highest BCUT2D eigenvalue weighted by Crippen LogP contribution is 2.40. The first-order valence-corrected chi connectivity index (χ1v) is 10.8. The van der Waals surface area contributed by atoms with Crippen molar-refractivity contribution in [2.24, 2.45) is 0 Å². The monoisotopic (exact) mass is 292 g/mol. The third-order valence-corrected chi connectivity index (χ3v) is 5.46. The maximum atomic E-state index is 12.5. The molecular weight excluding hydrogens is 268 g/mol. The molecule has 0 unspecified atom stereocenters. The van der Waals surface area contributed by atoms with Gasteiger partial charge in [0.15, 0.2) is 0 Å². The van der Waals surface area contributed by atoms with Gasteiger partial charge in [0.1, 0.15) is 6.73 Å². The van der Waals surface area contributed by atoms with Gasteiger partial charge in [-0.15, -0.1) is 0 Å². The summed E-state index contributed by atoms with van der Waals surface area (Å²) < 4.78 is 5.73. The second-order valence-electron chi connectivity index (χ2n) is 7.10. The molecule has 0 bridgehead atoms. The van der Waals surface area contributed by atoms with E-state index < -0.39 is 13.5 Å². The Morgan fingerprint density at radius 2 is 2.05 bits per heavy atom. The molecule has 1 amide bonds. The summed E-state index contributed by atoms with van der Waals surface area (Å²) in [6.45, 7) is 11.9. The summed E-state index contributed by atoms with van der Waals surface area (Å²) in [5.74, 6) is 0.0912. The minimum absolute atomic E-state index is 0.0912. The molecule has 0 aliphatic carbocycles. The molecule has 0 aromatic carbocycles. The highest BCUT2D eigenvalue weighted by atomic mass is 28.3. The molecule has 4 nitrogen and oxygen atoms in total. The van der Waals surface area contributed by atoms with E-state index in [1.54, 1.807) is 17.3 Å². The maximum Gasteiger partial charge on any atom is 0.239 e. The van der Waals surface area contributed by atoms with E-state index >= 15 is 0 Å². The Bertz CT molecular complexity index is 509. The van der Waals surface area contributed by atoms with Crippen molar-refractivity contribution in [3.05, 3.63) is 24.0 Å². The minimum Gasteiger partial charge on any atom is -0.361 e. The number of ether oxygens (including phenoxy) is 1. The molecule has 0 spiro atoms. The van der Waals surface area contributed by atoms with Crippen LogP contribution in [0.4, 0.5) is 5.69 Å². The van der Waals surface area contributed by atoms with Gasteiger partial charge in [-0.1, -0.05) is 19.6 Å². The molecule has 110 valence electrons. The van der Waals surface area contributed by atoms with Gasteiger partial charge in [0.05, 0.1) is 11.1 Å². The topological polar surface area (TPSA) is 42.4 Å². The van der Waals surface area contributed by atoms with Gasteiger partial charge in [0.25, 0.3) is 0 Å². The van der Waals surface area contributed by atoms with E-state index in [1.807, 2.05) is 19.9 Å². The van der Waals surface area contributed by atoms with Crippen LogP contribution in [0.3, 0.4) is 0 Å². The van der Waals surface area contributed by atoms with Crippen LogP contribution in [0.25, 0.3) is 0 Å². The normalized spacial score (nSPS) is 17.4. The maximum absolute atomic E-state index is 12.5. The van der Waals surface area contributed by atoms with Gasteiger partial charge in [0, 0.05) is 32.6 Å². The highest BCUT2D eigenvalue weighted by molar-refractivity contribution is 6.76. The van der Waals surface area contributed by atoms with Crippen LogP contribution in [-0.4, -0.2) is 32.3 Å². The molecule has 1 aliphatic rings. The Morgan fingerprint density at radius 3 is 2.70 bits per heavy atom. The molecule has 5 heteroatoms. The Morgan fingerprint density at radius 1 is 1.35 bits per heavy atom. The smallest absolute Gasteiger partial charge is 0.239 e. The van der Waals surface area contributed by atoms with Crippen molar-refractivity contribution in [3.63, 3.8) is 0 Å². The van der Waals surface area contributed by atoms with Gasteiger partial charge >= 0.3 is 0 Å². The fraction of sp³-hybridized carbons (Fsp3) is 0.600. The number of aromatic nitrogens is 1. The summed E-state index contributed by atoms with van der Waals surface area (Å²) in [5, 5.41) is 0. The number of hydrogen-bond acceptors (Lipinski definition) is 3. The third-order valence-electron chi connectivity index (χ3n) is 3.76. The SMILES string of the molecule is CC1(C)C(=O)N(COCC[Si](C)(C)C)c2ccncc21. The first-order chi connectivity index (χ1) is 9.23. The van der Waals surface area contributed by atoms with Gasteiger partial charge in [-0.25, -0.2) is 0 Å². The molecule has 0 N–H and O–H groups in total. The zero-order valence-electron chi connectivity index (χ0n) is 13.1. The zero-order chi connectivity index (χ0) is 15.0. The van der Waals surface area contributed by atoms with E-state index in [1.165, 1.54) is 0 Å². The largest absolute Gasteiger partial charge is 0.361 e. The summed E-state index contributed by atoms with van der Waals surface area (Å²) >= 11 is 0. The van der Waals surface area contributed by atoms with E-state index in [0.29, 0.717) is 6.73 Å². The summed E-state index contributed by atoms with van der Waals surface area (Å²) in [7, 11) is -1.09. The van der Waals surface area contributed by atoms with Crippen molar-refractivity contribution in [2.45, 2.75) is 44.9 Å². The molecule has 0 saturated carbocycles. The van der Waals surface area contributed by atoms with Crippen LogP contribution >= 0.6 is 0 Å². The molecule has 0 saturated heterocycles. The van der Waals surface area contributed by atoms with E-state index in [9.17, 15) is 4.79 Å². The number of carbonyl (C=O) groups excluding carboxylic acids is 1. The number of anilines is 1. The summed E-state index contributed by atoms with van der Waals surface area (Å²) in [4.78, 5) is 18.4. The first-order valence-electron chi connectivity index (χ1n) is 7.08. The lowest BCUT2D eigenvalue weighted by atomic mass is 9.87. The molecule has 0 radical (unpaired) electrons. The van der Waals surface area contributed by atoms with Crippen molar-refractivity contribution in [1.29, 1.82) is 0 Å². The number of nitrogens with zero attached hydrogens (tertiary/aromatic N) is 2. The minimum atomic E-state index is -1.09. The average molecular weight is 292 g/mol. The van der Waals surface area contributed by atoms with Gasteiger partial charge in [0.2, 0.25) is 5.91 Å². The third kappa shape index (κ3) is 2.93. The van der Waals surface area contributed by atoms with Crippen LogP contribution in [0.5, 0.6) is 0 Å². The molecule has 0 atom stereocenters. The molecule has 1 aliphatic heterocycles. The van der Waals surface area contributed by atoms with E-state index in [2.05, 4.69) is 24.6 Å². The summed E-state index contributed by atoms with van der Waals surface area (Å²) in [6, 6.07) is 3.01. The zero-order valence-corrected chi connectivity index (χ0v) is 14.1. The van der Waals surface area contributed by atoms with Gasteiger partial charge in [-0.2, -0.15) is 0 Å². The molecule has 2 rings (SSSR count).